The van der Waals surface area contributed by atoms with Gasteiger partial charge in [0.1, 0.15) is 5.78 Å². The molecular weight excluding hydrogens is 198 g/mol. The molecule has 0 fully saturated rings. The molecule has 1 aliphatic carbocycles. The number of ketones is 1. The Morgan fingerprint density at radius 2 is 2.31 bits per heavy atom. The summed E-state index contributed by atoms with van der Waals surface area (Å²) in [5.41, 5.74) is 2.73. The smallest absolute Gasteiger partial charge is 0.147 e. The first kappa shape index (κ1) is 10.9. The molecule has 0 radical (unpaired) electrons. The van der Waals surface area contributed by atoms with Gasteiger partial charge in [0.15, 0.2) is 0 Å². The zero-order chi connectivity index (χ0) is 11.4. The van der Waals surface area contributed by atoms with Crippen LogP contribution in [0.2, 0.25) is 0 Å². The fourth-order valence-corrected chi connectivity index (χ4v) is 2.17. The molecule has 2 heteroatoms. The van der Waals surface area contributed by atoms with E-state index in [4.69, 9.17) is 6.42 Å². The molecule has 0 heterocycles. The quantitative estimate of drug-likeness (QED) is 0.593. The molecule has 1 aromatic carbocycles. The first-order chi connectivity index (χ1) is 7.81. The van der Waals surface area contributed by atoms with E-state index in [1.165, 1.54) is 11.1 Å². The number of rotatable bonds is 5. The van der Waals surface area contributed by atoms with E-state index in [1.54, 1.807) is 0 Å². The van der Waals surface area contributed by atoms with Gasteiger partial charge in [-0.25, -0.2) is 0 Å². The van der Waals surface area contributed by atoms with Gasteiger partial charge in [0.05, 0.1) is 13.1 Å². The highest BCUT2D eigenvalue weighted by molar-refractivity contribution is 5.81. The van der Waals surface area contributed by atoms with Crippen molar-refractivity contribution in [1.82, 2.24) is 5.32 Å². The molecule has 82 valence electrons. The molecule has 1 N–H and O–H groups in total. The summed E-state index contributed by atoms with van der Waals surface area (Å²) in [6.07, 6.45) is 6.77. The second-order valence-corrected chi connectivity index (χ2v) is 4.15. The lowest BCUT2D eigenvalue weighted by molar-refractivity contribution is -0.118. The molecule has 0 saturated heterocycles. The Kier molecular flexibility index (Phi) is 3.38. The van der Waals surface area contributed by atoms with Crippen molar-refractivity contribution in [2.24, 2.45) is 0 Å². The Morgan fingerprint density at radius 1 is 1.50 bits per heavy atom. The van der Waals surface area contributed by atoms with Crippen molar-refractivity contribution in [2.75, 3.05) is 13.1 Å². The average Bonchev–Trinajstić information content (AvgIpc) is 2.26. The van der Waals surface area contributed by atoms with Crippen molar-refractivity contribution >= 4 is 5.78 Å². The minimum Gasteiger partial charge on any atom is -0.299 e. The zero-order valence-electron chi connectivity index (χ0n) is 9.20. The van der Waals surface area contributed by atoms with E-state index in [2.05, 4.69) is 23.4 Å². The predicted octanol–water partition coefficient (Wildman–Crippen LogP) is 1.51. The minimum absolute atomic E-state index is 0.245. The second-order valence-electron chi connectivity index (χ2n) is 4.15. The summed E-state index contributed by atoms with van der Waals surface area (Å²) in [7, 11) is 0. The van der Waals surface area contributed by atoms with Crippen LogP contribution in [0.15, 0.2) is 24.3 Å². The lowest BCUT2D eigenvalue weighted by Gasteiger charge is -2.29. The van der Waals surface area contributed by atoms with Crippen molar-refractivity contribution in [1.29, 1.82) is 0 Å². The van der Waals surface area contributed by atoms with Crippen LogP contribution in [0, 0.1) is 12.3 Å². The highest BCUT2D eigenvalue weighted by atomic mass is 16.1. The maximum Gasteiger partial charge on any atom is 0.147 e. The van der Waals surface area contributed by atoms with Crippen LogP contribution in [0.25, 0.3) is 0 Å². The van der Waals surface area contributed by atoms with Gasteiger partial charge in [-0.2, -0.15) is 0 Å². The average molecular weight is 213 g/mol. The van der Waals surface area contributed by atoms with Crippen LogP contribution < -0.4 is 5.32 Å². The fraction of sp³-hybridized carbons (Fsp3) is 0.357. The van der Waals surface area contributed by atoms with Crippen LogP contribution in [-0.4, -0.2) is 18.9 Å². The van der Waals surface area contributed by atoms with Crippen LogP contribution in [-0.2, 0) is 11.2 Å². The van der Waals surface area contributed by atoms with Crippen LogP contribution in [0.3, 0.4) is 0 Å². The van der Waals surface area contributed by atoms with Crippen molar-refractivity contribution in [2.45, 2.75) is 18.8 Å². The Balaban J connectivity index is 1.81. The number of carbonyl (C=O) groups excluding carboxylic acids is 1. The first-order valence-corrected chi connectivity index (χ1v) is 5.55. The molecule has 0 spiro atoms. The van der Waals surface area contributed by atoms with Gasteiger partial charge in [-0.1, -0.05) is 30.2 Å². The molecule has 0 saturated carbocycles. The van der Waals surface area contributed by atoms with E-state index >= 15 is 0 Å². The number of Topliss-reactive ketones (excluding diaryl/α,β-unsaturated/α-hetero) is 1. The molecule has 1 aliphatic rings. The van der Waals surface area contributed by atoms with E-state index in [0.717, 1.165) is 6.42 Å². The molecule has 1 aromatic rings. The van der Waals surface area contributed by atoms with Crippen LogP contribution in [0.5, 0.6) is 0 Å². The van der Waals surface area contributed by atoms with Gasteiger partial charge in [0.25, 0.3) is 0 Å². The standard InChI is InChI=1S/C14H15NO/c1-2-7-15-10-13(16)9-12-8-11-5-3-4-6-14(11)12/h1,3-6,12,15H,7-10H2. The van der Waals surface area contributed by atoms with Gasteiger partial charge in [0.2, 0.25) is 0 Å². The fourth-order valence-electron chi connectivity index (χ4n) is 2.17. The molecule has 2 nitrogen and oxygen atoms in total. The summed E-state index contributed by atoms with van der Waals surface area (Å²) in [6, 6.07) is 8.33. The van der Waals surface area contributed by atoms with Crippen molar-refractivity contribution in [3.8, 4) is 12.3 Å². The van der Waals surface area contributed by atoms with E-state index in [0.29, 0.717) is 25.4 Å². The van der Waals surface area contributed by atoms with E-state index in [9.17, 15) is 4.79 Å². The lowest BCUT2D eigenvalue weighted by Crippen LogP contribution is -2.27. The van der Waals surface area contributed by atoms with Gasteiger partial charge >= 0.3 is 0 Å². The van der Waals surface area contributed by atoms with Crippen molar-refractivity contribution in [3.63, 3.8) is 0 Å². The summed E-state index contributed by atoms with van der Waals surface area (Å²) < 4.78 is 0. The van der Waals surface area contributed by atoms with E-state index in [1.807, 2.05) is 12.1 Å². The third kappa shape index (κ3) is 2.32. The molecule has 0 bridgehead atoms. The van der Waals surface area contributed by atoms with Crippen LogP contribution in [0.1, 0.15) is 23.5 Å². The number of hydrogen-bond donors (Lipinski definition) is 1. The minimum atomic E-state index is 0.245. The largest absolute Gasteiger partial charge is 0.299 e. The van der Waals surface area contributed by atoms with E-state index in [-0.39, 0.29) is 5.78 Å². The third-order valence-electron chi connectivity index (χ3n) is 2.98. The maximum atomic E-state index is 11.6. The highest BCUT2D eigenvalue weighted by Gasteiger charge is 2.26. The third-order valence-corrected chi connectivity index (χ3v) is 2.98. The summed E-state index contributed by atoms with van der Waals surface area (Å²) >= 11 is 0. The summed E-state index contributed by atoms with van der Waals surface area (Å²) in [5.74, 6) is 3.13. The predicted molar refractivity (Wildman–Crippen MR) is 64.2 cm³/mol. The van der Waals surface area contributed by atoms with Gasteiger partial charge in [-0.15, -0.1) is 6.42 Å². The molecular formula is C14H15NO. The Bertz CT molecular complexity index is 431. The summed E-state index contributed by atoms with van der Waals surface area (Å²) in [5, 5.41) is 2.93. The lowest BCUT2D eigenvalue weighted by atomic mass is 9.75. The number of hydrogen-bond acceptors (Lipinski definition) is 2. The summed E-state index contributed by atoms with van der Waals surface area (Å²) in [6.45, 7) is 0.857. The molecule has 2 rings (SSSR count). The van der Waals surface area contributed by atoms with Gasteiger partial charge in [0, 0.05) is 6.42 Å². The SMILES string of the molecule is C#CCNCC(=O)CC1Cc2ccccc21. The molecule has 16 heavy (non-hydrogen) atoms. The maximum absolute atomic E-state index is 11.6. The molecule has 0 amide bonds. The molecule has 0 aliphatic heterocycles. The normalized spacial score (nSPS) is 17.1. The monoisotopic (exact) mass is 213 g/mol. The topological polar surface area (TPSA) is 29.1 Å². The first-order valence-electron chi connectivity index (χ1n) is 5.55. The second kappa shape index (κ2) is 4.96. The van der Waals surface area contributed by atoms with E-state index < -0.39 is 0 Å². The number of nitrogens with one attached hydrogen (secondary N) is 1. The number of fused-ring (bicyclic) bond motifs is 1. The Hall–Kier alpha value is -1.59. The number of benzene rings is 1. The van der Waals surface area contributed by atoms with Gasteiger partial charge in [-0.05, 0) is 23.5 Å². The van der Waals surface area contributed by atoms with Gasteiger partial charge < -0.3 is 0 Å². The van der Waals surface area contributed by atoms with Crippen molar-refractivity contribution in [3.05, 3.63) is 35.4 Å². The molecule has 0 aromatic heterocycles. The van der Waals surface area contributed by atoms with Gasteiger partial charge in [-0.3, -0.25) is 10.1 Å². The number of carbonyl (C=O) groups is 1. The van der Waals surface area contributed by atoms with Crippen molar-refractivity contribution < 1.29 is 4.79 Å². The van der Waals surface area contributed by atoms with Crippen LogP contribution >= 0.6 is 0 Å². The molecule has 1 atom stereocenters. The Morgan fingerprint density at radius 3 is 3.06 bits per heavy atom. The molecule has 1 unspecified atom stereocenters. The van der Waals surface area contributed by atoms with Crippen LogP contribution in [0.4, 0.5) is 0 Å². The Labute approximate surface area is 96.1 Å². The summed E-state index contributed by atoms with van der Waals surface area (Å²) in [4.78, 5) is 11.6. The highest BCUT2D eigenvalue weighted by Crippen LogP contribution is 2.37. The number of terminal acetylenes is 1. The zero-order valence-corrected chi connectivity index (χ0v) is 9.20.